The Bertz CT molecular complexity index is 490. The lowest BCUT2D eigenvalue weighted by Crippen LogP contribution is -2.49. The summed E-state index contributed by atoms with van der Waals surface area (Å²) in [6, 6.07) is 7.72. The highest BCUT2D eigenvalue weighted by Crippen LogP contribution is 2.09. The van der Waals surface area contributed by atoms with E-state index in [1.165, 1.54) is 0 Å². The summed E-state index contributed by atoms with van der Waals surface area (Å²) in [5, 5.41) is 2.87. The summed E-state index contributed by atoms with van der Waals surface area (Å²) >= 11 is 4.92. The number of hydrogen-bond acceptors (Lipinski definition) is 4. The van der Waals surface area contributed by atoms with Crippen LogP contribution in [-0.4, -0.2) is 48.1 Å². The Hall–Kier alpha value is -1.50. The number of thiocarbonyl (C=S) groups is 1. The topological polar surface area (TPSA) is 67.6 Å². The van der Waals surface area contributed by atoms with Gasteiger partial charge in [-0.15, -0.1) is 0 Å². The number of nitrogens with two attached hydrogens (primary N) is 1. The van der Waals surface area contributed by atoms with Crippen molar-refractivity contribution in [3.05, 3.63) is 29.8 Å². The summed E-state index contributed by atoms with van der Waals surface area (Å²) in [6.45, 7) is 4.14. The Kier molecular flexibility index (Phi) is 5.05. The zero-order valence-corrected chi connectivity index (χ0v) is 12.3. The highest BCUT2D eigenvalue weighted by atomic mass is 32.1. The predicted molar refractivity (Wildman–Crippen MR) is 82.8 cm³/mol. The minimum atomic E-state index is -0.258. The predicted octanol–water partition coefficient (Wildman–Crippen LogP) is 0.920. The number of anilines is 1. The van der Waals surface area contributed by atoms with E-state index < -0.39 is 0 Å². The fourth-order valence-electron chi connectivity index (χ4n) is 2.06. The maximum Gasteiger partial charge on any atom is 0.238 e. The van der Waals surface area contributed by atoms with Gasteiger partial charge in [0.25, 0.3) is 0 Å². The number of morpholine rings is 1. The number of hydrogen-bond donors (Lipinski definition) is 2. The molecular formula is C14H19N3O2S. The molecule has 0 bridgehead atoms. The summed E-state index contributed by atoms with van der Waals surface area (Å²) < 4.78 is 5.44. The van der Waals surface area contributed by atoms with E-state index >= 15 is 0 Å². The second-order valence-electron chi connectivity index (χ2n) is 4.91. The Morgan fingerprint density at radius 1 is 1.50 bits per heavy atom. The highest BCUT2D eigenvalue weighted by Gasteiger charge is 2.23. The van der Waals surface area contributed by atoms with Gasteiger partial charge in [0.2, 0.25) is 5.91 Å². The lowest BCUT2D eigenvalue weighted by Gasteiger charge is -2.31. The average molecular weight is 293 g/mol. The number of ether oxygens (including phenoxy) is 1. The summed E-state index contributed by atoms with van der Waals surface area (Å²) in [5.41, 5.74) is 7.54. The van der Waals surface area contributed by atoms with Gasteiger partial charge in [-0.25, -0.2) is 0 Å². The lowest BCUT2D eigenvalue weighted by molar-refractivity contribution is -0.118. The molecule has 1 aliphatic heterocycles. The second kappa shape index (κ2) is 6.78. The van der Waals surface area contributed by atoms with Gasteiger partial charge in [-0.05, 0) is 19.1 Å². The molecule has 0 radical (unpaired) electrons. The van der Waals surface area contributed by atoms with Gasteiger partial charge in [0.05, 0.1) is 13.2 Å². The first-order valence-corrected chi connectivity index (χ1v) is 6.95. The molecule has 3 N–H and O–H groups in total. The van der Waals surface area contributed by atoms with Gasteiger partial charge in [-0.1, -0.05) is 29.9 Å². The van der Waals surface area contributed by atoms with Crippen LogP contribution in [0.15, 0.2) is 24.3 Å². The summed E-state index contributed by atoms with van der Waals surface area (Å²) in [4.78, 5) is 14.3. The standard InChI is InChI=1S/C14H19N3O2S/c1-10-2-4-11(5-3-10)16-13(18)9-17-6-7-19-12(8-17)14(15)20/h2-5,12H,6-9H2,1H3,(H2,15,20)(H,16,18). The molecule has 0 saturated carbocycles. The van der Waals surface area contributed by atoms with E-state index in [0.717, 1.165) is 11.3 Å². The first kappa shape index (κ1) is 14.9. The van der Waals surface area contributed by atoms with E-state index in [1.54, 1.807) is 0 Å². The number of amides is 1. The van der Waals surface area contributed by atoms with Gasteiger partial charge in [-0.2, -0.15) is 0 Å². The van der Waals surface area contributed by atoms with Crippen molar-refractivity contribution in [1.29, 1.82) is 0 Å². The molecule has 20 heavy (non-hydrogen) atoms. The summed E-state index contributed by atoms with van der Waals surface area (Å²) in [5.74, 6) is -0.0440. The molecule has 1 saturated heterocycles. The van der Waals surface area contributed by atoms with Crippen molar-refractivity contribution >= 4 is 28.8 Å². The normalized spacial score (nSPS) is 19.6. The van der Waals surface area contributed by atoms with Crippen molar-refractivity contribution in [2.75, 3.05) is 31.6 Å². The number of aryl methyl sites for hydroxylation is 1. The molecule has 0 aromatic heterocycles. The minimum Gasteiger partial charge on any atom is -0.391 e. The van der Waals surface area contributed by atoms with E-state index in [9.17, 15) is 4.79 Å². The maximum absolute atomic E-state index is 12.0. The first-order valence-electron chi connectivity index (χ1n) is 6.54. The zero-order valence-electron chi connectivity index (χ0n) is 11.5. The third-order valence-corrected chi connectivity index (χ3v) is 3.43. The molecule has 1 aromatic carbocycles. The first-order chi connectivity index (χ1) is 9.54. The number of nitrogens with one attached hydrogen (secondary N) is 1. The van der Waals surface area contributed by atoms with Crippen LogP contribution >= 0.6 is 12.2 Å². The molecule has 1 aromatic rings. The number of carbonyl (C=O) groups excluding carboxylic acids is 1. The van der Waals surface area contributed by atoms with E-state index in [0.29, 0.717) is 31.2 Å². The SMILES string of the molecule is Cc1ccc(NC(=O)CN2CCOC(C(N)=S)C2)cc1. The van der Waals surface area contributed by atoms with Crippen LogP contribution in [0.4, 0.5) is 5.69 Å². The third-order valence-electron chi connectivity index (χ3n) is 3.17. The molecule has 1 amide bonds. The van der Waals surface area contributed by atoms with Crippen molar-refractivity contribution in [2.45, 2.75) is 13.0 Å². The quantitative estimate of drug-likeness (QED) is 0.808. The second-order valence-corrected chi connectivity index (χ2v) is 5.38. The number of rotatable bonds is 4. The molecule has 1 unspecified atom stereocenters. The van der Waals surface area contributed by atoms with E-state index in [-0.39, 0.29) is 12.0 Å². The minimum absolute atomic E-state index is 0.0440. The number of benzene rings is 1. The van der Waals surface area contributed by atoms with Crippen molar-refractivity contribution in [2.24, 2.45) is 5.73 Å². The van der Waals surface area contributed by atoms with Crippen molar-refractivity contribution in [3.8, 4) is 0 Å². The van der Waals surface area contributed by atoms with Gasteiger partial charge in [-0.3, -0.25) is 9.69 Å². The summed E-state index contributed by atoms with van der Waals surface area (Å²) in [7, 11) is 0. The van der Waals surface area contributed by atoms with Gasteiger partial charge in [0.15, 0.2) is 0 Å². The van der Waals surface area contributed by atoms with Crippen LogP contribution in [0.3, 0.4) is 0 Å². The number of nitrogens with zero attached hydrogens (tertiary/aromatic N) is 1. The van der Waals surface area contributed by atoms with Crippen molar-refractivity contribution in [1.82, 2.24) is 4.90 Å². The monoisotopic (exact) mass is 293 g/mol. The van der Waals surface area contributed by atoms with Crippen LogP contribution in [0.1, 0.15) is 5.56 Å². The average Bonchev–Trinajstić information content (AvgIpc) is 2.41. The third kappa shape index (κ3) is 4.26. The van der Waals surface area contributed by atoms with Gasteiger partial charge in [0, 0.05) is 18.8 Å². The number of carbonyl (C=O) groups is 1. The van der Waals surface area contributed by atoms with Gasteiger partial charge < -0.3 is 15.8 Å². The fraction of sp³-hybridized carbons (Fsp3) is 0.429. The molecule has 5 nitrogen and oxygen atoms in total. The van der Waals surface area contributed by atoms with Gasteiger partial charge >= 0.3 is 0 Å². The molecule has 0 aliphatic carbocycles. The molecule has 0 spiro atoms. The van der Waals surface area contributed by atoms with E-state index in [2.05, 4.69) is 5.32 Å². The zero-order chi connectivity index (χ0) is 14.5. The highest BCUT2D eigenvalue weighted by molar-refractivity contribution is 7.80. The molecule has 1 aliphatic rings. The van der Waals surface area contributed by atoms with E-state index in [1.807, 2.05) is 36.1 Å². The smallest absolute Gasteiger partial charge is 0.238 e. The van der Waals surface area contributed by atoms with Crippen LogP contribution < -0.4 is 11.1 Å². The van der Waals surface area contributed by atoms with Crippen LogP contribution in [0.2, 0.25) is 0 Å². The van der Waals surface area contributed by atoms with Crippen LogP contribution in [0.5, 0.6) is 0 Å². The van der Waals surface area contributed by atoms with Gasteiger partial charge in [0.1, 0.15) is 11.1 Å². The largest absolute Gasteiger partial charge is 0.391 e. The van der Waals surface area contributed by atoms with Crippen LogP contribution in [-0.2, 0) is 9.53 Å². The Balaban J connectivity index is 1.85. The molecule has 108 valence electrons. The molecule has 6 heteroatoms. The van der Waals surface area contributed by atoms with Crippen molar-refractivity contribution in [3.63, 3.8) is 0 Å². The van der Waals surface area contributed by atoms with E-state index in [4.69, 9.17) is 22.7 Å². The Morgan fingerprint density at radius 2 is 2.20 bits per heavy atom. The summed E-state index contributed by atoms with van der Waals surface area (Å²) in [6.07, 6.45) is -0.258. The Labute approximate surface area is 124 Å². The molecule has 1 heterocycles. The Morgan fingerprint density at radius 3 is 2.85 bits per heavy atom. The van der Waals surface area contributed by atoms with Crippen LogP contribution in [0, 0.1) is 6.92 Å². The molecule has 1 atom stereocenters. The fourth-order valence-corrected chi connectivity index (χ4v) is 2.20. The van der Waals surface area contributed by atoms with Crippen LogP contribution in [0.25, 0.3) is 0 Å². The maximum atomic E-state index is 12.0. The molecule has 1 fully saturated rings. The molecular weight excluding hydrogens is 274 g/mol. The lowest BCUT2D eigenvalue weighted by atomic mass is 10.2. The molecule has 2 rings (SSSR count). The van der Waals surface area contributed by atoms with Crippen molar-refractivity contribution < 1.29 is 9.53 Å².